The van der Waals surface area contributed by atoms with Crippen molar-refractivity contribution in [2.75, 3.05) is 0 Å². The van der Waals surface area contributed by atoms with Crippen molar-refractivity contribution >= 4 is 0 Å². The maximum Gasteiger partial charge on any atom is 0.123 e. The largest absolute Gasteiger partial charge is 0.345 e. The van der Waals surface area contributed by atoms with Crippen LogP contribution in [0.15, 0.2) is 30.5 Å². The molecule has 0 unspecified atom stereocenters. The third kappa shape index (κ3) is 2.41. The topological polar surface area (TPSA) is 54.7 Å². The number of nitrogens with zero attached hydrogens (tertiary/aromatic N) is 1. The second kappa shape index (κ2) is 4.23. The molecule has 0 atom stereocenters. The lowest BCUT2D eigenvalue weighted by molar-refractivity contribution is 0.626. The van der Waals surface area contributed by atoms with Crippen LogP contribution >= 0.6 is 0 Å². The zero-order valence-electron chi connectivity index (χ0n) is 8.20. The first kappa shape index (κ1) is 9.86. The Morgan fingerprint density at radius 3 is 2.93 bits per heavy atom. The monoisotopic (exact) mass is 205 g/mol. The van der Waals surface area contributed by atoms with E-state index < -0.39 is 0 Å². The molecule has 1 aromatic carbocycles. The fourth-order valence-corrected chi connectivity index (χ4v) is 1.44. The van der Waals surface area contributed by atoms with Gasteiger partial charge in [0, 0.05) is 24.9 Å². The van der Waals surface area contributed by atoms with E-state index in [0.29, 0.717) is 13.0 Å². The summed E-state index contributed by atoms with van der Waals surface area (Å²) < 4.78 is 12.9. The fraction of sp³-hybridized carbons (Fsp3) is 0.182. The molecule has 78 valence electrons. The molecule has 0 aliphatic rings. The van der Waals surface area contributed by atoms with Crippen LogP contribution in [-0.2, 0) is 13.0 Å². The highest BCUT2D eigenvalue weighted by Crippen LogP contribution is 2.08. The summed E-state index contributed by atoms with van der Waals surface area (Å²) in [5, 5.41) is 0. The number of benzene rings is 1. The normalized spacial score (nSPS) is 10.5. The SMILES string of the molecule is NCc1cnc(Cc2cccc(F)c2)[nH]1. The zero-order chi connectivity index (χ0) is 10.7. The highest BCUT2D eigenvalue weighted by molar-refractivity contribution is 5.20. The number of rotatable bonds is 3. The van der Waals surface area contributed by atoms with Gasteiger partial charge in [0.25, 0.3) is 0 Å². The van der Waals surface area contributed by atoms with Gasteiger partial charge in [0.15, 0.2) is 0 Å². The van der Waals surface area contributed by atoms with Crippen LogP contribution in [0.3, 0.4) is 0 Å². The molecule has 1 aromatic heterocycles. The minimum Gasteiger partial charge on any atom is -0.345 e. The molecule has 0 fully saturated rings. The Labute approximate surface area is 87.2 Å². The number of halogens is 1. The van der Waals surface area contributed by atoms with Crippen molar-refractivity contribution in [3.63, 3.8) is 0 Å². The van der Waals surface area contributed by atoms with E-state index in [1.54, 1.807) is 12.3 Å². The van der Waals surface area contributed by atoms with E-state index >= 15 is 0 Å². The van der Waals surface area contributed by atoms with E-state index in [1.165, 1.54) is 12.1 Å². The summed E-state index contributed by atoms with van der Waals surface area (Å²) in [6, 6.07) is 6.49. The van der Waals surface area contributed by atoms with Crippen molar-refractivity contribution < 1.29 is 4.39 Å². The first-order valence-corrected chi connectivity index (χ1v) is 4.75. The first-order valence-electron chi connectivity index (χ1n) is 4.75. The Hall–Kier alpha value is -1.68. The number of H-pyrrole nitrogens is 1. The van der Waals surface area contributed by atoms with Crippen LogP contribution in [0.5, 0.6) is 0 Å². The maximum absolute atomic E-state index is 12.9. The summed E-state index contributed by atoms with van der Waals surface area (Å²) in [6.07, 6.45) is 2.30. The van der Waals surface area contributed by atoms with Gasteiger partial charge < -0.3 is 10.7 Å². The Morgan fingerprint density at radius 1 is 1.40 bits per heavy atom. The molecule has 0 amide bonds. The van der Waals surface area contributed by atoms with Crippen molar-refractivity contribution in [2.45, 2.75) is 13.0 Å². The van der Waals surface area contributed by atoms with Gasteiger partial charge in [-0.15, -0.1) is 0 Å². The van der Waals surface area contributed by atoms with E-state index in [2.05, 4.69) is 9.97 Å². The van der Waals surface area contributed by atoms with Crippen molar-refractivity contribution in [1.82, 2.24) is 9.97 Å². The lowest BCUT2D eigenvalue weighted by Gasteiger charge is -1.98. The summed E-state index contributed by atoms with van der Waals surface area (Å²) in [4.78, 5) is 7.23. The molecule has 0 saturated heterocycles. The number of imidazole rings is 1. The number of aromatic nitrogens is 2. The molecule has 3 N–H and O–H groups in total. The third-order valence-electron chi connectivity index (χ3n) is 2.16. The molecule has 2 rings (SSSR count). The molecule has 0 spiro atoms. The van der Waals surface area contributed by atoms with E-state index in [-0.39, 0.29) is 5.82 Å². The average molecular weight is 205 g/mol. The van der Waals surface area contributed by atoms with E-state index in [0.717, 1.165) is 17.1 Å². The predicted molar refractivity (Wildman–Crippen MR) is 55.7 cm³/mol. The Kier molecular flexibility index (Phi) is 2.78. The molecular weight excluding hydrogens is 193 g/mol. The lowest BCUT2D eigenvalue weighted by Crippen LogP contribution is -1.97. The van der Waals surface area contributed by atoms with Gasteiger partial charge in [0.1, 0.15) is 11.6 Å². The van der Waals surface area contributed by atoms with Gasteiger partial charge in [-0.1, -0.05) is 12.1 Å². The van der Waals surface area contributed by atoms with Crippen LogP contribution in [0.2, 0.25) is 0 Å². The molecule has 0 aliphatic carbocycles. The van der Waals surface area contributed by atoms with Crippen LogP contribution < -0.4 is 5.73 Å². The lowest BCUT2D eigenvalue weighted by atomic mass is 10.1. The minimum atomic E-state index is -0.224. The van der Waals surface area contributed by atoms with Gasteiger partial charge in [0.2, 0.25) is 0 Å². The molecule has 15 heavy (non-hydrogen) atoms. The predicted octanol–water partition coefficient (Wildman–Crippen LogP) is 1.60. The summed E-state index contributed by atoms with van der Waals surface area (Å²) in [6.45, 7) is 0.441. The Morgan fingerprint density at radius 2 is 2.27 bits per heavy atom. The third-order valence-corrected chi connectivity index (χ3v) is 2.16. The Balaban J connectivity index is 2.14. The highest BCUT2D eigenvalue weighted by Gasteiger charge is 2.01. The van der Waals surface area contributed by atoms with Gasteiger partial charge >= 0.3 is 0 Å². The summed E-state index contributed by atoms with van der Waals surface area (Å²) in [7, 11) is 0. The molecule has 3 nitrogen and oxygen atoms in total. The summed E-state index contributed by atoms with van der Waals surface area (Å²) in [5.74, 6) is 0.583. The van der Waals surface area contributed by atoms with Crippen molar-refractivity contribution in [3.8, 4) is 0 Å². The van der Waals surface area contributed by atoms with E-state index in [1.807, 2.05) is 6.07 Å². The number of nitrogens with two attached hydrogens (primary N) is 1. The van der Waals surface area contributed by atoms with Gasteiger partial charge in [0.05, 0.1) is 0 Å². The smallest absolute Gasteiger partial charge is 0.123 e. The van der Waals surface area contributed by atoms with E-state index in [4.69, 9.17) is 5.73 Å². The van der Waals surface area contributed by atoms with Crippen molar-refractivity contribution in [2.24, 2.45) is 5.73 Å². The highest BCUT2D eigenvalue weighted by atomic mass is 19.1. The Bertz CT molecular complexity index is 451. The second-order valence-electron chi connectivity index (χ2n) is 3.37. The average Bonchev–Trinajstić information content (AvgIpc) is 2.65. The van der Waals surface area contributed by atoms with Gasteiger partial charge in [-0.2, -0.15) is 0 Å². The van der Waals surface area contributed by atoms with Crippen LogP contribution in [0.1, 0.15) is 17.1 Å². The second-order valence-corrected chi connectivity index (χ2v) is 3.37. The van der Waals surface area contributed by atoms with Gasteiger partial charge in [-0.05, 0) is 17.7 Å². The van der Waals surface area contributed by atoms with Crippen molar-refractivity contribution in [1.29, 1.82) is 0 Å². The number of aromatic amines is 1. The molecule has 1 heterocycles. The number of hydrogen-bond donors (Lipinski definition) is 2. The standard InChI is InChI=1S/C11H12FN3/c12-9-3-1-2-8(4-9)5-11-14-7-10(6-13)15-11/h1-4,7H,5-6,13H2,(H,14,15). The van der Waals surface area contributed by atoms with Crippen LogP contribution in [0.4, 0.5) is 4.39 Å². The van der Waals surface area contributed by atoms with Crippen LogP contribution in [-0.4, -0.2) is 9.97 Å². The molecule has 2 aromatic rings. The summed E-state index contributed by atoms with van der Waals surface area (Å²) >= 11 is 0. The molecular formula is C11H12FN3. The molecule has 0 bridgehead atoms. The number of nitrogens with one attached hydrogen (secondary N) is 1. The minimum absolute atomic E-state index is 0.224. The van der Waals surface area contributed by atoms with Gasteiger partial charge in [-0.25, -0.2) is 9.37 Å². The number of hydrogen-bond acceptors (Lipinski definition) is 2. The zero-order valence-corrected chi connectivity index (χ0v) is 8.20. The molecule has 4 heteroatoms. The first-order chi connectivity index (χ1) is 7.28. The van der Waals surface area contributed by atoms with Crippen LogP contribution in [0, 0.1) is 5.82 Å². The fourth-order valence-electron chi connectivity index (χ4n) is 1.44. The molecule has 0 aliphatic heterocycles. The van der Waals surface area contributed by atoms with Crippen LogP contribution in [0.25, 0.3) is 0 Å². The van der Waals surface area contributed by atoms with Crippen molar-refractivity contribution in [3.05, 3.63) is 53.4 Å². The maximum atomic E-state index is 12.9. The molecule has 0 saturated carbocycles. The summed E-state index contributed by atoms with van der Waals surface area (Å²) in [5.41, 5.74) is 7.24. The quantitative estimate of drug-likeness (QED) is 0.799. The van der Waals surface area contributed by atoms with E-state index in [9.17, 15) is 4.39 Å². The molecule has 0 radical (unpaired) electrons. The van der Waals surface area contributed by atoms with Gasteiger partial charge in [-0.3, -0.25) is 0 Å².